The van der Waals surface area contributed by atoms with Crippen LogP contribution >= 0.6 is 0 Å². The molecule has 3 aliphatic rings. The van der Waals surface area contributed by atoms with Crippen molar-refractivity contribution in [2.45, 2.75) is 69.4 Å². The maximum Gasteiger partial charge on any atom is 0.224 e. The van der Waals surface area contributed by atoms with Gasteiger partial charge in [-0.15, -0.1) is 0 Å². The fraction of sp³-hybridized carbons (Fsp3) is 0.938. The summed E-state index contributed by atoms with van der Waals surface area (Å²) >= 11 is 0. The SMILES string of the molecule is NC1(CC(=O)N(CC2CCOC2)C2CC2)CCCCC1. The van der Waals surface area contributed by atoms with E-state index < -0.39 is 0 Å². The molecule has 0 spiro atoms. The topological polar surface area (TPSA) is 55.6 Å². The summed E-state index contributed by atoms with van der Waals surface area (Å²) in [6, 6.07) is 0.496. The normalized spacial score (nSPS) is 29.4. The summed E-state index contributed by atoms with van der Waals surface area (Å²) in [5, 5.41) is 0. The van der Waals surface area contributed by atoms with E-state index in [0.29, 0.717) is 24.3 Å². The number of carbonyl (C=O) groups excluding carboxylic acids is 1. The summed E-state index contributed by atoms with van der Waals surface area (Å²) in [4.78, 5) is 14.8. The van der Waals surface area contributed by atoms with Crippen molar-refractivity contribution >= 4 is 5.91 Å². The van der Waals surface area contributed by atoms with Crippen molar-refractivity contribution in [2.24, 2.45) is 11.7 Å². The second-order valence-electron chi connectivity index (χ2n) is 7.11. The Balaban J connectivity index is 1.57. The van der Waals surface area contributed by atoms with Crippen molar-refractivity contribution in [3.63, 3.8) is 0 Å². The van der Waals surface area contributed by atoms with E-state index >= 15 is 0 Å². The maximum absolute atomic E-state index is 12.7. The average molecular weight is 280 g/mol. The smallest absolute Gasteiger partial charge is 0.224 e. The molecule has 0 aromatic rings. The van der Waals surface area contributed by atoms with Gasteiger partial charge in [0.05, 0.1) is 6.61 Å². The Bertz CT molecular complexity index is 342. The summed E-state index contributed by atoms with van der Waals surface area (Å²) in [6.07, 6.45) is 9.69. The Labute approximate surface area is 122 Å². The van der Waals surface area contributed by atoms with Crippen LogP contribution in [0, 0.1) is 5.92 Å². The van der Waals surface area contributed by atoms with Gasteiger partial charge in [0.25, 0.3) is 0 Å². The molecule has 114 valence electrons. The zero-order chi connectivity index (χ0) is 14.0. The first-order valence-electron chi connectivity index (χ1n) is 8.32. The summed E-state index contributed by atoms with van der Waals surface area (Å²) in [7, 11) is 0. The van der Waals surface area contributed by atoms with E-state index in [0.717, 1.165) is 39.0 Å². The van der Waals surface area contributed by atoms with Crippen LogP contribution in [-0.2, 0) is 9.53 Å². The lowest BCUT2D eigenvalue weighted by Gasteiger charge is -2.35. The molecule has 0 aromatic heterocycles. The van der Waals surface area contributed by atoms with Crippen LogP contribution < -0.4 is 5.73 Å². The lowest BCUT2D eigenvalue weighted by molar-refractivity contribution is -0.134. The van der Waals surface area contributed by atoms with Gasteiger partial charge >= 0.3 is 0 Å². The highest BCUT2D eigenvalue weighted by Crippen LogP contribution is 2.33. The summed E-state index contributed by atoms with van der Waals surface area (Å²) in [5.74, 6) is 0.837. The van der Waals surface area contributed by atoms with E-state index in [1.54, 1.807) is 0 Å². The Morgan fingerprint density at radius 3 is 2.55 bits per heavy atom. The van der Waals surface area contributed by atoms with Crippen molar-refractivity contribution in [1.82, 2.24) is 4.90 Å². The highest BCUT2D eigenvalue weighted by molar-refractivity contribution is 5.78. The first-order chi connectivity index (χ1) is 9.66. The number of carbonyl (C=O) groups is 1. The largest absolute Gasteiger partial charge is 0.381 e. The zero-order valence-electron chi connectivity index (χ0n) is 12.5. The van der Waals surface area contributed by atoms with Crippen molar-refractivity contribution in [2.75, 3.05) is 19.8 Å². The van der Waals surface area contributed by atoms with E-state index in [-0.39, 0.29) is 5.54 Å². The van der Waals surface area contributed by atoms with Crippen LogP contribution in [-0.4, -0.2) is 42.1 Å². The zero-order valence-corrected chi connectivity index (χ0v) is 12.5. The predicted molar refractivity (Wildman–Crippen MR) is 78.3 cm³/mol. The quantitative estimate of drug-likeness (QED) is 0.838. The Hall–Kier alpha value is -0.610. The van der Waals surface area contributed by atoms with Crippen LogP contribution in [0.1, 0.15) is 57.8 Å². The average Bonchev–Trinajstić information content (AvgIpc) is 3.13. The first-order valence-corrected chi connectivity index (χ1v) is 8.32. The van der Waals surface area contributed by atoms with Crippen molar-refractivity contribution in [1.29, 1.82) is 0 Å². The first kappa shape index (κ1) is 14.3. The number of ether oxygens (including phenoxy) is 1. The third-order valence-electron chi connectivity index (χ3n) is 5.14. The maximum atomic E-state index is 12.7. The Morgan fingerprint density at radius 1 is 1.20 bits per heavy atom. The molecule has 1 aliphatic heterocycles. The minimum absolute atomic E-state index is 0.228. The predicted octanol–water partition coefficient (Wildman–Crippen LogP) is 2.07. The molecule has 2 saturated carbocycles. The molecule has 1 heterocycles. The fourth-order valence-corrected chi connectivity index (χ4v) is 3.68. The highest BCUT2D eigenvalue weighted by atomic mass is 16.5. The number of nitrogens with two attached hydrogens (primary N) is 1. The van der Waals surface area contributed by atoms with Gasteiger partial charge in [-0.25, -0.2) is 0 Å². The van der Waals surface area contributed by atoms with Gasteiger partial charge in [0.15, 0.2) is 0 Å². The minimum atomic E-state index is -0.228. The van der Waals surface area contributed by atoms with E-state index in [1.165, 1.54) is 32.1 Å². The number of rotatable bonds is 5. The standard InChI is InChI=1S/C16H28N2O2/c17-16(7-2-1-3-8-16)10-15(19)18(14-4-5-14)11-13-6-9-20-12-13/h13-14H,1-12,17H2. The summed E-state index contributed by atoms with van der Waals surface area (Å²) < 4.78 is 5.44. The molecule has 3 rings (SSSR count). The molecular formula is C16H28N2O2. The minimum Gasteiger partial charge on any atom is -0.381 e. The fourth-order valence-electron chi connectivity index (χ4n) is 3.68. The van der Waals surface area contributed by atoms with Crippen molar-refractivity contribution in [3.8, 4) is 0 Å². The third kappa shape index (κ3) is 3.53. The second-order valence-corrected chi connectivity index (χ2v) is 7.11. The van der Waals surface area contributed by atoms with Gasteiger partial charge in [0.2, 0.25) is 5.91 Å². The molecular weight excluding hydrogens is 252 g/mol. The Morgan fingerprint density at radius 2 is 1.95 bits per heavy atom. The monoisotopic (exact) mass is 280 g/mol. The molecule has 2 aliphatic carbocycles. The van der Waals surface area contributed by atoms with Crippen molar-refractivity contribution in [3.05, 3.63) is 0 Å². The molecule has 4 nitrogen and oxygen atoms in total. The van der Waals surface area contributed by atoms with Gasteiger partial charge in [0.1, 0.15) is 0 Å². The van der Waals surface area contributed by atoms with E-state index in [1.807, 2.05) is 0 Å². The molecule has 1 unspecified atom stereocenters. The lowest BCUT2D eigenvalue weighted by atomic mass is 9.80. The van der Waals surface area contributed by atoms with Gasteiger partial charge in [-0.2, -0.15) is 0 Å². The second kappa shape index (κ2) is 6.02. The van der Waals surface area contributed by atoms with Crippen LogP contribution in [0.3, 0.4) is 0 Å². The van der Waals surface area contributed by atoms with E-state index in [2.05, 4.69) is 4.90 Å². The van der Waals surface area contributed by atoms with Crippen LogP contribution in [0.15, 0.2) is 0 Å². The molecule has 2 N–H and O–H groups in total. The lowest BCUT2D eigenvalue weighted by Crippen LogP contribution is -2.48. The van der Waals surface area contributed by atoms with E-state index in [9.17, 15) is 4.79 Å². The number of amides is 1. The molecule has 0 aromatic carbocycles. The molecule has 0 bridgehead atoms. The molecule has 1 amide bonds. The van der Waals surface area contributed by atoms with Gasteiger partial charge < -0.3 is 15.4 Å². The number of hydrogen-bond donors (Lipinski definition) is 1. The molecule has 3 fully saturated rings. The van der Waals surface area contributed by atoms with Crippen LogP contribution in [0.5, 0.6) is 0 Å². The van der Waals surface area contributed by atoms with Gasteiger partial charge in [-0.3, -0.25) is 4.79 Å². The van der Waals surface area contributed by atoms with Crippen LogP contribution in [0.2, 0.25) is 0 Å². The third-order valence-corrected chi connectivity index (χ3v) is 5.14. The molecule has 1 atom stereocenters. The molecule has 1 saturated heterocycles. The molecule has 20 heavy (non-hydrogen) atoms. The summed E-state index contributed by atoms with van der Waals surface area (Å²) in [5.41, 5.74) is 6.23. The van der Waals surface area contributed by atoms with Gasteiger partial charge in [0, 0.05) is 37.1 Å². The van der Waals surface area contributed by atoms with Crippen LogP contribution in [0.25, 0.3) is 0 Å². The van der Waals surface area contributed by atoms with E-state index in [4.69, 9.17) is 10.5 Å². The van der Waals surface area contributed by atoms with Crippen molar-refractivity contribution < 1.29 is 9.53 Å². The Kier molecular flexibility index (Phi) is 4.32. The number of nitrogens with zero attached hydrogens (tertiary/aromatic N) is 1. The van der Waals surface area contributed by atoms with Gasteiger partial charge in [-0.05, 0) is 32.1 Å². The number of hydrogen-bond acceptors (Lipinski definition) is 3. The highest BCUT2D eigenvalue weighted by Gasteiger charge is 2.38. The van der Waals surface area contributed by atoms with Gasteiger partial charge in [-0.1, -0.05) is 19.3 Å². The summed E-state index contributed by atoms with van der Waals surface area (Å²) in [6.45, 7) is 2.57. The van der Waals surface area contributed by atoms with Crippen LogP contribution in [0.4, 0.5) is 0 Å². The molecule has 4 heteroatoms. The molecule has 0 radical (unpaired) electrons.